The molecular weight excluding hydrogens is 973 g/mol. The van der Waals surface area contributed by atoms with Crippen molar-refractivity contribution in [2.45, 2.75) is 271 Å². The minimum absolute atomic E-state index is 0.112. The molecule has 0 radical (unpaired) electrons. The van der Waals surface area contributed by atoms with Gasteiger partial charge in [-0.1, -0.05) is 269 Å². The molecule has 444 valence electrons. The van der Waals surface area contributed by atoms with Crippen LogP contribution in [-0.4, -0.2) is 37.2 Å². The molecule has 0 saturated heterocycles. The zero-order chi connectivity index (χ0) is 57.1. The lowest BCUT2D eigenvalue weighted by molar-refractivity contribution is -0.166. The van der Waals surface area contributed by atoms with Crippen molar-refractivity contribution in [2.24, 2.45) is 0 Å². The summed E-state index contributed by atoms with van der Waals surface area (Å²) in [4.78, 5) is 38.2. The predicted octanol–water partition coefficient (Wildman–Crippen LogP) is 22.1. The second-order valence-corrected chi connectivity index (χ2v) is 20.5. The summed E-state index contributed by atoms with van der Waals surface area (Å²) < 4.78 is 16.8. The summed E-state index contributed by atoms with van der Waals surface area (Å²) >= 11 is 0. The number of hydrogen-bond acceptors (Lipinski definition) is 6. The van der Waals surface area contributed by atoms with E-state index < -0.39 is 6.10 Å². The van der Waals surface area contributed by atoms with E-state index >= 15 is 0 Å². The summed E-state index contributed by atoms with van der Waals surface area (Å²) in [5.41, 5.74) is 0. The average Bonchev–Trinajstić information content (AvgIpc) is 3.45. The van der Waals surface area contributed by atoms with E-state index in [0.29, 0.717) is 19.3 Å². The minimum atomic E-state index is -0.822. The van der Waals surface area contributed by atoms with Crippen LogP contribution in [0.1, 0.15) is 265 Å². The summed E-state index contributed by atoms with van der Waals surface area (Å²) in [6.07, 6.45) is 95.6. The summed E-state index contributed by atoms with van der Waals surface area (Å²) in [6, 6.07) is 0. The first-order valence-electron chi connectivity index (χ1n) is 32.0. The molecule has 6 heteroatoms. The van der Waals surface area contributed by atoms with E-state index in [2.05, 4.69) is 167 Å². The van der Waals surface area contributed by atoms with Crippen LogP contribution in [0.2, 0.25) is 0 Å². The van der Waals surface area contributed by atoms with Gasteiger partial charge in [-0.2, -0.15) is 0 Å². The van der Waals surface area contributed by atoms with Gasteiger partial charge in [0.1, 0.15) is 13.2 Å². The third kappa shape index (κ3) is 63.7. The Morgan fingerprint density at radius 3 is 0.848 bits per heavy atom. The van der Waals surface area contributed by atoms with E-state index in [-0.39, 0.29) is 37.5 Å². The van der Waals surface area contributed by atoms with Crippen molar-refractivity contribution < 1.29 is 28.6 Å². The van der Waals surface area contributed by atoms with Crippen LogP contribution >= 0.6 is 0 Å². The van der Waals surface area contributed by atoms with Crippen LogP contribution in [0.4, 0.5) is 0 Å². The highest BCUT2D eigenvalue weighted by Crippen LogP contribution is 2.15. The molecule has 0 N–H and O–H groups in total. The van der Waals surface area contributed by atoms with Gasteiger partial charge >= 0.3 is 17.9 Å². The molecule has 1 unspecified atom stereocenters. The van der Waals surface area contributed by atoms with Crippen LogP contribution in [0, 0.1) is 0 Å². The molecule has 0 bridgehead atoms. The van der Waals surface area contributed by atoms with Gasteiger partial charge in [-0.3, -0.25) is 14.4 Å². The molecule has 79 heavy (non-hydrogen) atoms. The zero-order valence-corrected chi connectivity index (χ0v) is 50.8. The number of carbonyl (C=O) groups excluding carboxylic acids is 3. The van der Waals surface area contributed by atoms with Gasteiger partial charge in [-0.05, 0) is 135 Å². The van der Waals surface area contributed by atoms with Gasteiger partial charge in [0.25, 0.3) is 0 Å². The highest BCUT2D eigenvalue weighted by molar-refractivity contribution is 5.71. The lowest BCUT2D eigenvalue weighted by Gasteiger charge is -2.18. The molecule has 0 rings (SSSR count). The van der Waals surface area contributed by atoms with Crippen LogP contribution in [0.3, 0.4) is 0 Å². The van der Waals surface area contributed by atoms with Gasteiger partial charge in [0.2, 0.25) is 0 Å². The first-order chi connectivity index (χ1) is 39.0. The van der Waals surface area contributed by atoms with Crippen LogP contribution < -0.4 is 0 Å². The van der Waals surface area contributed by atoms with E-state index in [1.807, 2.05) is 12.2 Å². The van der Waals surface area contributed by atoms with Gasteiger partial charge in [0.05, 0.1) is 0 Å². The Kier molecular flexibility index (Phi) is 61.4. The Labute approximate surface area is 486 Å². The highest BCUT2D eigenvalue weighted by atomic mass is 16.6. The maximum atomic E-state index is 12.9. The van der Waals surface area contributed by atoms with Gasteiger partial charge in [-0.15, -0.1) is 0 Å². The van der Waals surface area contributed by atoms with Gasteiger partial charge < -0.3 is 14.2 Å². The Hall–Kier alpha value is -4.97. The lowest BCUT2D eigenvalue weighted by Crippen LogP contribution is -2.30. The van der Waals surface area contributed by atoms with Crippen molar-refractivity contribution in [1.29, 1.82) is 0 Å². The van der Waals surface area contributed by atoms with Crippen molar-refractivity contribution >= 4 is 17.9 Å². The first-order valence-corrected chi connectivity index (χ1v) is 32.0. The molecule has 6 nitrogen and oxygen atoms in total. The molecule has 0 amide bonds. The Bertz CT molecular complexity index is 1780. The molecular formula is C73H116O6. The number of rotatable bonds is 56. The van der Waals surface area contributed by atoms with Crippen molar-refractivity contribution in [3.8, 4) is 0 Å². The highest BCUT2D eigenvalue weighted by Gasteiger charge is 2.19. The van der Waals surface area contributed by atoms with E-state index in [1.54, 1.807) is 0 Å². The zero-order valence-electron chi connectivity index (χ0n) is 50.8. The van der Waals surface area contributed by atoms with Crippen molar-refractivity contribution in [3.05, 3.63) is 158 Å². The number of carbonyl (C=O) groups is 3. The molecule has 0 heterocycles. The number of allylic oxidation sites excluding steroid dienone is 26. The minimum Gasteiger partial charge on any atom is -0.462 e. The van der Waals surface area contributed by atoms with E-state index in [1.165, 1.54) is 83.5 Å². The Balaban J connectivity index is 4.29. The van der Waals surface area contributed by atoms with Gasteiger partial charge in [0.15, 0.2) is 6.10 Å². The SMILES string of the molecule is CC/C=C\C/C=C\C/C=C\C/C=C\C/C=C\C/C=C\C/C=C\CCCCCCCCCCCCCC(=O)OCC(COC(=O)CC/C=C\C/C=C\C/C=C\C/C=C\CC)OC(=O)CCCCCCC/C=C\C/C=C\CCCCC. The van der Waals surface area contributed by atoms with Crippen LogP contribution in [0.25, 0.3) is 0 Å². The van der Waals surface area contributed by atoms with Gasteiger partial charge in [0, 0.05) is 19.3 Å². The average molecular weight is 1090 g/mol. The van der Waals surface area contributed by atoms with E-state index in [4.69, 9.17) is 14.2 Å². The van der Waals surface area contributed by atoms with Crippen molar-refractivity contribution in [3.63, 3.8) is 0 Å². The van der Waals surface area contributed by atoms with E-state index in [9.17, 15) is 14.4 Å². The largest absolute Gasteiger partial charge is 0.462 e. The molecule has 0 spiro atoms. The molecule has 0 aliphatic heterocycles. The van der Waals surface area contributed by atoms with Gasteiger partial charge in [-0.25, -0.2) is 0 Å². The maximum Gasteiger partial charge on any atom is 0.306 e. The quantitative estimate of drug-likeness (QED) is 0.0261. The maximum absolute atomic E-state index is 12.9. The summed E-state index contributed by atoms with van der Waals surface area (Å²) in [7, 11) is 0. The van der Waals surface area contributed by atoms with Crippen LogP contribution in [0.15, 0.2) is 158 Å². The summed E-state index contributed by atoms with van der Waals surface area (Å²) in [5, 5.41) is 0. The second kappa shape index (κ2) is 65.5. The van der Waals surface area contributed by atoms with Crippen molar-refractivity contribution in [1.82, 2.24) is 0 Å². The molecule has 0 saturated carbocycles. The second-order valence-electron chi connectivity index (χ2n) is 20.5. The summed E-state index contributed by atoms with van der Waals surface area (Å²) in [6.45, 7) is 6.30. The summed E-state index contributed by atoms with van der Waals surface area (Å²) in [5.74, 6) is -1.02. The van der Waals surface area contributed by atoms with Crippen LogP contribution in [-0.2, 0) is 28.6 Å². The number of esters is 3. The predicted molar refractivity (Wildman–Crippen MR) is 343 cm³/mol. The molecule has 0 aliphatic carbocycles. The fraction of sp³-hybridized carbons (Fsp3) is 0.603. The fourth-order valence-corrected chi connectivity index (χ4v) is 8.29. The molecule has 0 aromatic carbocycles. The molecule has 0 aliphatic rings. The molecule has 1 atom stereocenters. The Morgan fingerprint density at radius 2 is 0.519 bits per heavy atom. The smallest absolute Gasteiger partial charge is 0.306 e. The normalized spacial score (nSPS) is 13.2. The fourth-order valence-electron chi connectivity index (χ4n) is 8.29. The lowest BCUT2D eigenvalue weighted by atomic mass is 10.0. The third-order valence-corrected chi connectivity index (χ3v) is 13.0. The van der Waals surface area contributed by atoms with Crippen molar-refractivity contribution in [2.75, 3.05) is 13.2 Å². The Morgan fingerprint density at radius 1 is 0.266 bits per heavy atom. The number of hydrogen-bond donors (Lipinski definition) is 0. The number of ether oxygens (including phenoxy) is 3. The van der Waals surface area contributed by atoms with E-state index in [0.717, 1.165) is 135 Å². The number of unbranched alkanes of at least 4 members (excludes halogenated alkanes) is 19. The molecule has 0 aromatic rings. The van der Waals surface area contributed by atoms with Crippen LogP contribution in [0.5, 0.6) is 0 Å². The molecule has 0 fully saturated rings. The standard InChI is InChI=1S/C73H116O6/c1-4-7-10-13-16-19-22-25-27-28-29-30-31-32-33-34-35-36-37-38-39-40-41-42-43-44-46-48-51-54-57-60-63-66-72(75)78-69-70(68-77-71(74)65-62-59-56-53-50-47-24-21-18-15-12-9-6-3)79-73(76)67-64-61-58-55-52-49-45-26-23-20-17-14-11-8-5-2/h7,9-10,12,16-21,25-27,29-30,32-33,35-36,38-39,45,47,50,56,59,70H,4-6,8,11,13-15,22-24,28,31,34,37,40-44,46,48-49,51-55,57-58,60-69H2,1-3H3/b10-7-,12-9-,19-16-,20-17-,21-18-,27-25-,30-29-,33-32-,36-35-,39-38-,45-26-,50-47-,59-56-. The topological polar surface area (TPSA) is 78.9 Å². The molecule has 0 aromatic heterocycles. The first kappa shape index (κ1) is 74.0. The monoisotopic (exact) mass is 1090 g/mol. The third-order valence-electron chi connectivity index (χ3n) is 13.0.